The van der Waals surface area contributed by atoms with Crippen molar-refractivity contribution in [2.75, 3.05) is 0 Å². The summed E-state index contributed by atoms with van der Waals surface area (Å²) in [5, 5.41) is 9.40. The van der Waals surface area contributed by atoms with Gasteiger partial charge < -0.3 is 17.5 Å². The van der Waals surface area contributed by atoms with E-state index in [-0.39, 0.29) is 17.8 Å². The Balaban J connectivity index is 0.00000242. The van der Waals surface area contributed by atoms with Gasteiger partial charge in [-0.3, -0.25) is 0 Å². The Morgan fingerprint density at radius 3 is 2.27 bits per heavy atom. The van der Waals surface area contributed by atoms with Crippen LogP contribution in [0.3, 0.4) is 0 Å². The summed E-state index contributed by atoms with van der Waals surface area (Å²) >= 11 is 0. The Bertz CT molecular complexity index is 591. The molecule has 0 amide bonds. The highest BCUT2D eigenvalue weighted by atomic mass is 35.5. The number of benzene rings is 1. The maximum Gasteiger partial charge on any atom is 0.187 e. The van der Waals surface area contributed by atoms with Gasteiger partial charge in [-0.05, 0) is 50.5 Å². The van der Waals surface area contributed by atoms with Crippen LogP contribution in [0.4, 0.5) is 0 Å². The van der Waals surface area contributed by atoms with Gasteiger partial charge in [0, 0.05) is 23.1 Å². The molecule has 0 unspecified atom stereocenters. The molecule has 0 aliphatic carbocycles. The first-order valence-corrected chi connectivity index (χ1v) is 7.65. The molecule has 0 aliphatic heterocycles. The zero-order chi connectivity index (χ0) is 15.5. The van der Waals surface area contributed by atoms with Crippen LogP contribution in [0.25, 0.3) is 0 Å². The summed E-state index contributed by atoms with van der Waals surface area (Å²) in [6.07, 6.45) is 3.30. The van der Waals surface area contributed by atoms with Crippen LogP contribution in [-0.2, 0) is 12.0 Å². The van der Waals surface area contributed by atoms with Crippen molar-refractivity contribution in [3.63, 3.8) is 0 Å². The van der Waals surface area contributed by atoms with E-state index < -0.39 is 0 Å². The van der Waals surface area contributed by atoms with Gasteiger partial charge in [-0.2, -0.15) is 4.57 Å². The molecule has 0 radical (unpaired) electrons. The third kappa shape index (κ3) is 4.74. The summed E-state index contributed by atoms with van der Waals surface area (Å²) in [7, 11) is 0. The van der Waals surface area contributed by atoms with Crippen molar-refractivity contribution in [1.29, 1.82) is 0 Å². The minimum Gasteiger partial charge on any atom is -1.00 e. The highest BCUT2D eigenvalue weighted by molar-refractivity contribution is 5.25. The number of hydrogen-bond acceptors (Lipinski definition) is 1. The van der Waals surface area contributed by atoms with Crippen molar-refractivity contribution in [3.8, 4) is 5.75 Å². The molecule has 0 saturated heterocycles. The Morgan fingerprint density at radius 2 is 1.68 bits per heavy atom. The minimum atomic E-state index is 0. The van der Waals surface area contributed by atoms with Gasteiger partial charge in [0.15, 0.2) is 18.4 Å². The van der Waals surface area contributed by atoms with Gasteiger partial charge in [0.25, 0.3) is 0 Å². The molecule has 0 aliphatic rings. The molecule has 0 saturated carbocycles. The lowest BCUT2D eigenvalue weighted by molar-refractivity contribution is -0.699. The average molecular weight is 320 g/mol. The maximum absolute atomic E-state index is 9.40. The van der Waals surface area contributed by atoms with Crippen LogP contribution < -0.4 is 17.0 Å². The summed E-state index contributed by atoms with van der Waals surface area (Å²) in [6, 6.07) is 13.9. The number of nitrogens with zero attached hydrogens (tertiary/aromatic N) is 1. The van der Waals surface area contributed by atoms with Gasteiger partial charge in [-0.15, -0.1) is 0 Å². The molecule has 0 spiro atoms. The normalized spacial score (nSPS) is 11.3. The SMILES string of the molecule is CC(C)CC(C)(C)c1cccc[n+]1Cc1ccc(O)cc1.[Cl-]. The first kappa shape index (κ1) is 18.5. The number of aromatic nitrogens is 1. The molecule has 2 rings (SSSR count). The van der Waals surface area contributed by atoms with Gasteiger partial charge >= 0.3 is 0 Å². The largest absolute Gasteiger partial charge is 1.00 e. The van der Waals surface area contributed by atoms with E-state index in [1.165, 1.54) is 11.3 Å². The molecule has 1 heterocycles. The zero-order valence-electron chi connectivity index (χ0n) is 13.9. The molecule has 2 aromatic rings. The number of phenolic OH excluding ortho intramolecular Hbond substituents is 1. The van der Waals surface area contributed by atoms with Crippen molar-refractivity contribution in [3.05, 3.63) is 59.9 Å². The minimum absolute atomic E-state index is 0. The summed E-state index contributed by atoms with van der Waals surface area (Å²) in [5.74, 6) is 0.986. The van der Waals surface area contributed by atoms with Gasteiger partial charge in [0.1, 0.15) is 5.75 Å². The first-order chi connectivity index (χ1) is 9.88. The van der Waals surface area contributed by atoms with E-state index in [2.05, 4.69) is 56.7 Å². The van der Waals surface area contributed by atoms with Crippen molar-refractivity contribution >= 4 is 0 Å². The Kier molecular flexibility index (Phi) is 6.43. The molecule has 22 heavy (non-hydrogen) atoms. The molecule has 0 atom stereocenters. The fraction of sp³-hybridized carbons (Fsp3) is 0.421. The van der Waals surface area contributed by atoms with Crippen molar-refractivity contribution in [2.24, 2.45) is 5.92 Å². The van der Waals surface area contributed by atoms with E-state index in [0.29, 0.717) is 11.7 Å². The fourth-order valence-electron chi connectivity index (χ4n) is 3.15. The number of pyridine rings is 1. The summed E-state index contributed by atoms with van der Waals surface area (Å²) in [5.41, 5.74) is 2.70. The van der Waals surface area contributed by atoms with Crippen molar-refractivity contribution in [2.45, 2.75) is 46.1 Å². The smallest absolute Gasteiger partial charge is 0.187 e. The second kappa shape index (κ2) is 7.64. The van der Waals surface area contributed by atoms with E-state index in [9.17, 15) is 5.11 Å². The lowest BCUT2D eigenvalue weighted by atomic mass is 9.80. The molecular weight excluding hydrogens is 294 g/mol. The number of aromatic hydroxyl groups is 1. The van der Waals surface area contributed by atoms with Crippen LogP contribution in [-0.4, -0.2) is 5.11 Å². The second-order valence-electron chi connectivity index (χ2n) is 6.86. The predicted molar refractivity (Wildman–Crippen MR) is 86.3 cm³/mol. The van der Waals surface area contributed by atoms with Crippen LogP contribution >= 0.6 is 0 Å². The highest BCUT2D eigenvalue weighted by Gasteiger charge is 2.30. The summed E-state index contributed by atoms with van der Waals surface area (Å²) < 4.78 is 2.31. The number of phenols is 1. The lowest BCUT2D eigenvalue weighted by Gasteiger charge is -2.24. The van der Waals surface area contributed by atoms with Crippen LogP contribution in [0.15, 0.2) is 48.7 Å². The van der Waals surface area contributed by atoms with Gasteiger partial charge in [0.2, 0.25) is 0 Å². The second-order valence-corrected chi connectivity index (χ2v) is 6.86. The van der Waals surface area contributed by atoms with Gasteiger partial charge in [0.05, 0.1) is 0 Å². The highest BCUT2D eigenvalue weighted by Crippen LogP contribution is 2.28. The Labute approximate surface area is 140 Å². The monoisotopic (exact) mass is 319 g/mol. The van der Waals surface area contributed by atoms with Crippen LogP contribution in [0.2, 0.25) is 0 Å². The van der Waals surface area contributed by atoms with E-state index in [4.69, 9.17) is 0 Å². The Morgan fingerprint density at radius 1 is 1.05 bits per heavy atom. The van der Waals surface area contributed by atoms with Crippen LogP contribution in [0.5, 0.6) is 5.75 Å². The molecule has 1 N–H and O–H groups in total. The molecule has 3 heteroatoms. The molecule has 120 valence electrons. The summed E-state index contributed by atoms with van der Waals surface area (Å²) in [4.78, 5) is 0. The zero-order valence-corrected chi connectivity index (χ0v) is 14.6. The van der Waals surface area contributed by atoms with E-state index in [1.807, 2.05) is 12.1 Å². The van der Waals surface area contributed by atoms with E-state index in [1.54, 1.807) is 12.1 Å². The average Bonchev–Trinajstić information content (AvgIpc) is 2.40. The molecule has 1 aromatic heterocycles. The molecule has 0 bridgehead atoms. The number of rotatable bonds is 5. The van der Waals surface area contributed by atoms with Crippen molar-refractivity contribution in [1.82, 2.24) is 0 Å². The quantitative estimate of drug-likeness (QED) is 0.819. The number of halogens is 1. The maximum atomic E-state index is 9.40. The fourth-order valence-corrected chi connectivity index (χ4v) is 3.15. The third-order valence-electron chi connectivity index (χ3n) is 3.84. The summed E-state index contributed by atoms with van der Waals surface area (Å²) in [6.45, 7) is 10.0. The van der Waals surface area contributed by atoms with Crippen LogP contribution in [0, 0.1) is 5.92 Å². The molecule has 0 fully saturated rings. The molecule has 2 nitrogen and oxygen atoms in total. The topological polar surface area (TPSA) is 24.1 Å². The third-order valence-corrected chi connectivity index (χ3v) is 3.84. The molecule has 1 aromatic carbocycles. The Hall–Kier alpha value is -1.54. The van der Waals surface area contributed by atoms with Gasteiger partial charge in [-0.25, -0.2) is 0 Å². The van der Waals surface area contributed by atoms with Crippen LogP contribution in [0.1, 0.15) is 45.4 Å². The van der Waals surface area contributed by atoms with Crippen molar-refractivity contribution < 1.29 is 22.1 Å². The van der Waals surface area contributed by atoms with E-state index in [0.717, 1.165) is 13.0 Å². The first-order valence-electron chi connectivity index (χ1n) is 7.65. The number of hydrogen-bond donors (Lipinski definition) is 1. The molecular formula is C19H26ClNO. The lowest BCUT2D eigenvalue weighted by Crippen LogP contribution is -3.00. The van der Waals surface area contributed by atoms with Gasteiger partial charge in [-0.1, -0.05) is 19.9 Å². The van der Waals surface area contributed by atoms with E-state index >= 15 is 0 Å². The standard InChI is InChI=1S/C19H25NO.ClH/c1-15(2)13-19(3,4)18-7-5-6-12-20(18)14-16-8-10-17(21)11-9-16;/h5-12,15H,13-14H2,1-4H3;1H. The predicted octanol–water partition coefficient (Wildman–Crippen LogP) is 1.06.